The van der Waals surface area contributed by atoms with E-state index < -0.39 is 5.92 Å². The molecule has 0 amide bonds. The number of hydrogen-bond acceptors (Lipinski definition) is 5. The van der Waals surface area contributed by atoms with Crippen molar-refractivity contribution in [3.8, 4) is 33.1 Å². The van der Waals surface area contributed by atoms with Crippen molar-refractivity contribution in [1.82, 2.24) is 30.0 Å². The number of imidazole rings is 1. The van der Waals surface area contributed by atoms with E-state index in [1.165, 1.54) is 0 Å². The quantitative estimate of drug-likeness (QED) is 0.253. The molecular formula is C29H24F2N6S. The van der Waals surface area contributed by atoms with Crippen LogP contribution in [0.2, 0.25) is 0 Å². The van der Waals surface area contributed by atoms with Crippen LogP contribution in [-0.4, -0.2) is 49.1 Å². The number of pyridine rings is 1. The summed E-state index contributed by atoms with van der Waals surface area (Å²) in [7, 11) is 0. The number of nitrogens with one attached hydrogen (secondary N) is 2. The molecule has 0 unspecified atom stereocenters. The van der Waals surface area contributed by atoms with Crippen LogP contribution in [0, 0.1) is 6.92 Å². The van der Waals surface area contributed by atoms with E-state index in [0.717, 1.165) is 60.3 Å². The van der Waals surface area contributed by atoms with Crippen molar-refractivity contribution in [2.24, 2.45) is 0 Å². The zero-order valence-corrected chi connectivity index (χ0v) is 21.4. The highest BCUT2D eigenvalue weighted by molar-refractivity contribution is 7.13. The number of hydrogen-bond donors (Lipinski definition) is 2. The highest BCUT2D eigenvalue weighted by Gasteiger charge is 2.37. The Morgan fingerprint density at radius 2 is 1.97 bits per heavy atom. The van der Waals surface area contributed by atoms with E-state index in [9.17, 15) is 8.78 Å². The number of alkyl halides is 2. The standard InChI is InChI=1S/C29H24F2N6S/c1-17-9-18(15-37-7-6-29(30,31)16-37)11-20(10-17)19-4-5-23-21(12-19)27(36-35-23)28-33-24-14-32-13-22(26(24)34-28)25-3-2-8-38-25/h2-5,8-14H,6-7,15-16H2,1H3,(H,33,34)(H,35,36). The van der Waals surface area contributed by atoms with E-state index in [-0.39, 0.29) is 13.0 Å². The third kappa shape index (κ3) is 4.17. The minimum Gasteiger partial charge on any atom is -0.335 e. The van der Waals surface area contributed by atoms with E-state index in [0.29, 0.717) is 18.9 Å². The lowest BCUT2D eigenvalue weighted by atomic mass is 9.98. The normalized spacial score (nSPS) is 15.7. The van der Waals surface area contributed by atoms with Gasteiger partial charge in [-0.25, -0.2) is 13.8 Å². The molecule has 1 aliphatic heterocycles. The minimum atomic E-state index is -2.59. The third-order valence-electron chi connectivity index (χ3n) is 7.09. The number of aryl methyl sites for hydroxylation is 1. The molecule has 38 heavy (non-hydrogen) atoms. The second-order valence-corrected chi connectivity index (χ2v) is 11.0. The first-order chi connectivity index (χ1) is 18.4. The lowest BCUT2D eigenvalue weighted by molar-refractivity contribution is 0.0115. The molecule has 0 aliphatic carbocycles. The Morgan fingerprint density at radius 3 is 2.79 bits per heavy atom. The van der Waals surface area contributed by atoms with Gasteiger partial charge in [0.05, 0.1) is 23.8 Å². The molecular weight excluding hydrogens is 502 g/mol. The van der Waals surface area contributed by atoms with E-state index in [1.807, 2.05) is 35.5 Å². The Hall–Kier alpha value is -3.95. The number of aromatic nitrogens is 5. The molecule has 0 saturated carbocycles. The SMILES string of the molecule is Cc1cc(CN2CCC(F)(F)C2)cc(-c2ccc3[nH]nc(-c4nc5c(-c6cccs6)cncc5[nH]4)c3c2)c1. The van der Waals surface area contributed by atoms with Gasteiger partial charge in [-0.2, -0.15) is 5.10 Å². The number of nitrogens with zero attached hydrogens (tertiary/aromatic N) is 4. The van der Waals surface area contributed by atoms with Crippen LogP contribution in [-0.2, 0) is 6.54 Å². The fraction of sp³-hybridized carbons (Fsp3) is 0.207. The van der Waals surface area contributed by atoms with Crippen molar-refractivity contribution in [1.29, 1.82) is 0 Å². The largest absolute Gasteiger partial charge is 0.335 e. The van der Waals surface area contributed by atoms with E-state index in [2.05, 4.69) is 56.6 Å². The van der Waals surface area contributed by atoms with Crippen LogP contribution in [0.4, 0.5) is 8.78 Å². The average Bonchev–Trinajstić information content (AvgIpc) is 3.69. The zero-order valence-electron chi connectivity index (χ0n) is 20.6. The van der Waals surface area contributed by atoms with Crippen LogP contribution in [0.15, 0.2) is 66.3 Å². The number of thiophene rings is 1. The summed E-state index contributed by atoms with van der Waals surface area (Å²) >= 11 is 1.66. The van der Waals surface area contributed by atoms with Crippen molar-refractivity contribution >= 4 is 33.3 Å². The third-order valence-corrected chi connectivity index (χ3v) is 8.00. The van der Waals surface area contributed by atoms with E-state index in [1.54, 1.807) is 17.5 Å². The van der Waals surface area contributed by atoms with Crippen molar-refractivity contribution in [3.05, 3.63) is 77.4 Å². The Bertz CT molecular complexity index is 1790. The number of halogens is 2. The van der Waals surface area contributed by atoms with Gasteiger partial charge in [-0.05, 0) is 53.3 Å². The van der Waals surface area contributed by atoms with Crippen LogP contribution >= 0.6 is 11.3 Å². The lowest BCUT2D eigenvalue weighted by Gasteiger charge is -2.17. The maximum atomic E-state index is 13.7. The van der Waals surface area contributed by atoms with Gasteiger partial charge in [0.15, 0.2) is 5.82 Å². The highest BCUT2D eigenvalue weighted by atomic mass is 32.1. The molecule has 0 spiro atoms. The Kier molecular flexibility index (Phi) is 5.38. The molecule has 6 nitrogen and oxygen atoms in total. The van der Waals surface area contributed by atoms with Gasteiger partial charge in [-0.3, -0.25) is 15.0 Å². The van der Waals surface area contributed by atoms with Gasteiger partial charge in [0.1, 0.15) is 11.2 Å². The number of likely N-dealkylation sites (tertiary alicyclic amines) is 1. The van der Waals surface area contributed by atoms with E-state index >= 15 is 0 Å². The summed E-state index contributed by atoms with van der Waals surface area (Å²) in [5.41, 5.74) is 8.58. The van der Waals surface area contributed by atoms with Crippen molar-refractivity contribution in [3.63, 3.8) is 0 Å². The first-order valence-electron chi connectivity index (χ1n) is 12.5. The first-order valence-corrected chi connectivity index (χ1v) is 13.4. The van der Waals surface area contributed by atoms with Crippen molar-refractivity contribution in [2.75, 3.05) is 13.1 Å². The summed E-state index contributed by atoms with van der Waals surface area (Å²) in [6, 6.07) is 16.6. The molecule has 2 N–H and O–H groups in total. The van der Waals surface area contributed by atoms with Gasteiger partial charge in [0.25, 0.3) is 5.92 Å². The second-order valence-electron chi connectivity index (χ2n) is 10.0. The molecule has 1 saturated heterocycles. The van der Waals surface area contributed by atoms with Gasteiger partial charge in [-0.15, -0.1) is 11.3 Å². The highest BCUT2D eigenvalue weighted by Crippen LogP contribution is 2.35. The minimum absolute atomic E-state index is 0.0712. The molecule has 190 valence electrons. The maximum Gasteiger partial charge on any atom is 0.261 e. The molecule has 6 aromatic rings. The van der Waals surface area contributed by atoms with Crippen LogP contribution in [0.25, 0.3) is 55.0 Å². The fourth-order valence-corrected chi connectivity index (χ4v) is 6.09. The number of benzene rings is 2. The Labute approximate surface area is 221 Å². The van der Waals surface area contributed by atoms with Gasteiger partial charge < -0.3 is 4.98 Å². The molecule has 1 aliphatic rings. The topological polar surface area (TPSA) is 73.5 Å². The summed E-state index contributed by atoms with van der Waals surface area (Å²) in [6.45, 7) is 2.80. The molecule has 7 rings (SSSR count). The van der Waals surface area contributed by atoms with Gasteiger partial charge in [-0.1, -0.05) is 29.8 Å². The molecule has 0 atom stereocenters. The smallest absolute Gasteiger partial charge is 0.261 e. The average molecular weight is 527 g/mol. The van der Waals surface area contributed by atoms with Crippen molar-refractivity contribution in [2.45, 2.75) is 25.8 Å². The number of fused-ring (bicyclic) bond motifs is 2. The second kappa shape index (κ2) is 8.82. The summed E-state index contributed by atoms with van der Waals surface area (Å²) in [4.78, 5) is 15.7. The molecule has 5 heterocycles. The van der Waals surface area contributed by atoms with E-state index in [4.69, 9.17) is 4.98 Å². The molecule has 9 heteroatoms. The summed E-state index contributed by atoms with van der Waals surface area (Å²) in [5.74, 6) is -1.92. The number of rotatable bonds is 5. The molecule has 0 bridgehead atoms. The fourth-order valence-electron chi connectivity index (χ4n) is 5.35. The molecule has 4 aromatic heterocycles. The maximum absolute atomic E-state index is 13.7. The first kappa shape index (κ1) is 23.2. The van der Waals surface area contributed by atoms with Gasteiger partial charge in [0, 0.05) is 41.5 Å². The van der Waals surface area contributed by atoms with Crippen LogP contribution in [0.5, 0.6) is 0 Å². The Morgan fingerprint density at radius 1 is 1.05 bits per heavy atom. The van der Waals surface area contributed by atoms with Crippen LogP contribution < -0.4 is 0 Å². The molecule has 1 fully saturated rings. The lowest BCUT2D eigenvalue weighted by Crippen LogP contribution is -2.24. The predicted octanol–water partition coefficient (Wildman–Crippen LogP) is 7.05. The Balaban J connectivity index is 1.26. The summed E-state index contributed by atoms with van der Waals surface area (Å²) < 4.78 is 27.4. The van der Waals surface area contributed by atoms with Crippen LogP contribution in [0.1, 0.15) is 17.5 Å². The summed E-state index contributed by atoms with van der Waals surface area (Å²) in [6.07, 6.45) is 3.56. The van der Waals surface area contributed by atoms with Crippen molar-refractivity contribution < 1.29 is 8.78 Å². The molecule has 0 radical (unpaired) electrons. The predicted molar refractivity (Wildman–Crippen MR) is 147 cm³/mol. The number of aromatic amines is 2. The zero-order chi connectivity index (χ0) is 25.9. The summed E-state index contributed by atoms with van der Waals surface area (Å²) in [5, 5.41) is 10.7. The van der Waals surface area contributed by atoms with Crippen LogP contribution in [0.3, 0.4) is 0 Å². The monoisotopic (exact) mass is 526 g/mol. The number of H-pyrrole nitrogens is 2. The van der Waals surface area contributed by atoms with Gasteiger partial charge >= 0.3 is 0 Å². The molecule has 2 aromatic carbocycles. The van der Waals surface area contributed by atoms with Gasteiger partial charge in [0.2, 0.25) is 0 Å².